The summed E-state index contributed by atoms with van der Waals surface area (Å²) in [5.74, 6) is 0.568. The van der Waals surface area contributed by atoms with E-state index < -0.39 is 0 Å². The molecule has 0 bridgehead atoms. The van der Waals surface area contributed by atoms with Gasteiger partial charge in [-0.2, -0.15) is 0 Å². The maximum atomic E-state index is 5.74. The zero-order chi connectivity index (χ0) is 10.7. The zero-order valence-electron chi connectivity index (χ0n) is 8.34. The molecule has 4 nitrogen and oxygen atoms in total. The van der Waals surface area contributed by atoms with E-state index in [4.69, 9.17) is 10.3 Å². The summed E-state index contributed by atoms with van der Waals surface area (Å²) in [5, 5.41) is 3.76. The summed E-state index contributed by atoms with van der Waals surface area (Å²) in [5.41, 5.74) is 7.87. The fourth-order valence-corrected chi connectivity index (χ4v) is 1.15. The van der Waals surface area contributed by atoms with E-state index in [1.807, 2.05) is 24.3 Å². The number of pyridine rings is 1. The normalized spacial score (nSPS) is 11.0. The molecule has 0 fully saturated rings. The summed E-state index contributed by atoms with van der Waals surface area (Å²) in [4.78, 5) is 4.14. The molecule has 2 aromatic rings. The fraction of sp³-hybridized carbons (Fsp3) is 0.0909. The molecule has 0 saturated carbocycles. The quantitative estimate of drug-likeness (QED) is 0.808. The molecule has 0 unspecified atom stereocenters. The summed E-state index contributed by atoms with van der Waals surface area (Å²) in [6, 6.07) is 5.68. The van der Waals surface area contributed by atoms with Crippen molar-refractivity contribution >= 4 is 17.8 Å². The number of nitrogens with two attached hydrogens (primary N) is 1. The first kappa shape index (κ1) is 9.45. The minimum atomic E-state index is 0.568. The van der Waals surface area contributed by atoms with Gasteiger partial charge in [-0.1, -0.05) is 11.2 Å². The van der Waals surface area contributed by atoms with Crippen LogP contribution in [-0.4, -0.2) is 10.1 Å². The monoisotopic (exact) mass is 201 g/mol. The first-order chi connectivity index (χ1) is 7.27. The van der Waals surface area contributed by atoms with Gasteiger partial charge in [-0.3, -0.25) is 4.98 Å². The van der Waals surface area contributed by atoms with Crippen molar-refractivity contribution in [1.29, 1.82) is 0 Å². The second-order valence-electron chi connectivity index (χ2n) is 3.13. The van der Waals surface area contributed by atoms with E-state index in [1.54, 1.807) is 19.2 Å². The molecule has 0 spiro atoms. The smallest absolute Gasteiger partial charge is 0.182 e. The Kier molecular flexibility index (Phi) is 2.49. The summed E-state index contributed by atoms with van der Waals surface area (Å²) < 4.78 is 5.03. The topological polar surface area (TPSA) is 64.9 Å². The van der Waals surface area contributed by atoms with Crippen molar-refractivity contribution in [2.24, 2.45) is 0 Å². The molecule has 0 aliphatic rings. The van der Waals surface area contributed by atoms with Crippen LogP contribution in [0.15, 0.2) is 28.9 Å². The van der Waals surface area contributed by atoms with Crippen LogP contribution in [-0.2, 0) is 0 Å². The maximum absolute atomic E-state index is 5.74. The van der Waals surface area contributed by atoms with Gasteiger partial charge in [-0.25, -0.2) is 0 Å². The number of rotatable bonds is 2. The standard InChI is InChI=1S/C11H11N3O/c1-8-11(12)10(15-14-8)6-5-9-4-2-3-7-13-9/h2-7H,12H2,1H3/b6-5+. The highest BCUT2D eigenvalue weighted by Crippen LogP contribution is 2.17. The molecule has 0 saturated heterocycles. The Bertz CT molecular complexity index is 474. The summed E-state index contributed by atoms with van der Waals surface area (Å²) in [6.45, 7) is 1.80. The van der Waals surface area contributed by atoms with Gasteiger partial charge in [0.25, 0.3) is 0 Å². The summed E-state index contributed by atoms with van der Waals surface area (Å²) in [6.07, 6.45) is 5.32. The van der Waals surface area contributed by atoms with Gasteiger partial charge in [-0.15, -0.1) is 0 Å². The predicted octanol–water partition coefficient (Wildman–Crippen LogP) is 2.13. The molecule has 2 N–H and O–H groups in total. The van der Waals surface area contributed by atoms with Crippen molar-refractivity contribution in [3.8, 4) is 0 Å². The molecule has 2 heterocycles. The molecule has 0 amide bonds. The van der Waals surface area contributed by atoms with Gasteiger partial charge in [0.15, 0.2) is 5.76 Å². The molecule has 0 radical (unpaired) electrons. The maximum Gasteiger partial charge on any atom is 0.182 e. The second kappa shape index (κ2) is 3.96. The molecule has 2 rings (SSSR count). The van der Waals surface area contributed by atoms with Gasteiger partial charge in [0.1, 0.15) is 11.4 Å². The van der Waals surface area contributed by atoms with E-state index in [-0.39, 0.29) is 0 Å². The lowest BCUT2D eigenvalue weighted by Gasteiger charge is -1.90. The highest BCUT2D eigenvalue weighted by Gasteiger charge is 2.04. The van der Waals surface area contributed by atoms with Crippen LogP contribution in [0.3, 0.4) is 0 Å². The molecule has 0 atom stereocenters. The van der Waals surface area contributed by atoms with E-state index >= 15 is 0 Å². The number of aromatic nitrogens is 2. The van der Waals surface area contributed by atoms with Crippen molar-refractivity contribution < 1.29 is 4.52 Å². The molecular formula is C11H11N3O. The number of hydrogen-bond donors (Lipinski definition) is 1. The van der Waals surface area contributed by atoms with Crippen molar-refractivity contribution in [2.45, 2.75) is 6.92 Å². The third-order valence-electron chi connectivity index (χ3n) is 2.03. The molecule has 76 valence electrons. The van der Waals surface area contributed by atoms with Crippen LogP contribution < -0.4 is 5.73 Å². The van der Waals surface area contributed by atoms with E-state index in [1.165, 1.54) is 0 Å². The van der Waals surface area contributed by atoms with Gasteiger partial charge < -0.3 is 10.3 Å². The highest BCUT2D eigenvalue weighted by atomic mass is 16.5. The predicted molar refractivity (Wildman–Crippen MR) is 58.8 cm³/mol. The molecule has 0 aliphatic heterocycles. The van der Waals surface area contributed by atoms with Crippen LogP contribution in [0.1, 0.15) is 17.1 Å². The van der Waals surface area contributed by atoms with E-state index in [2.05, 4.69) is 10.1 Å². The van der Waals surface area contributed by atoms with E-state index in [0.29, 0.717) is 17.1 Å². The van der Waals surface area contributed by atoms with Crippen LogP contribution in [0.25, 0.3) is 12.2 Å². The lowest BCUT2D eigenvalue weighted by atomic mass is 10.2. The first-order valence-corrected chi connectivity index (χ1v) is 4.58. The Labute approximate surface area is 87.4 Å². The second-order valence-corrected chi connectivity index (χ2v) is 3.13. The van der Waals surface area contributed by atoms with Crippen molar-refractivity contribution in [3.63, 3.8) is 0 Å². The number of anilines is 1. The molecule has 4 heteroatoms. The fourth-order valence-electron chi connectivity index (χ4n) is 1.15. The third-order valence-corrected chi connectivity index (χ3v) is 2.03. The molecular weight excluding hydrogens is 190 g/mol. The number of nitrogens with zero attached hydrogens (tertiary/aromatic N) is 2. The van der Waals surface area contributed by atoms with Crippen LogP contribution >= 0.6 is 0 Å². The Morgan fingerprint density at radius 3 is 2.80 bits per heavy atom. The third kappa shape index (κ3) is 2.04. The Morgan fingerprint density at radius 2 is 2.20 bits per heavy atom. The van der Waals surface area contributed by atoms with Crippen molar-refractivity contribution in [2.75, 3.05) is 5.73 Å². The van der Waals surface area contributed by atoms with Crippen molar-refractivity contribution in [1.82, 2.24) is 10.1 Å². The minimum absolute atomic E-state index is 0.568. The highest BCUT2D eigenvalue weighted by molar-refractivity contribution is 5.72. The van der Waals surface area contributed by atoms with Gasteiger partial charge in [0, 0.05) is 6.20 Å². The average Bonchev–Trinajstić information content (AvgIpc) is 2.59. The Hall–Kier alpha value is -2.10. The average molecular weight is 201 g/mol. The molecule has 2 aromatic heterocycles. The number of aryl methyl sites for hydroxylation is 1. The number of nitrogen functional groups attached to an aromatic ring is 1. The van der Waals surface area contributed by atoms with Gasteiger partial charge >= 0.3 is 0 Å². The van der Waals surface area contributed by atoms with Crippen LogP contribution in [0.4, 0.5) is 5.69 Å². The summed E-state index contributed by atoms with van der Waals surface area (Å²) >= 11 is 0. The van der Waals surface area contributed by atoms with Crippen LogP contribution in [0, 0.1) is 6.92 Å². The zero-order valence-corrected chi connectivity index (χ0v) is 8.34. The SMILES string of the molecule is Cc1noc(/C=C/c2ccccn2)c1N. The minimum Gasteiger partial charge on any atom is -0.394 e. The van der Waals surface area contributed by atoms with Crippen LogP contribution in [0.2, 0.25) is 0 Å². The first-order valence-electron chi connectivity index (χ1n) is 4.58. The lowest BCUT2D eigenvalue weighted by molar-refractivity contribution is 0.408. The van der Waals surface area contributed by atoms with Crippen LogP contribution in [0.5, 0.6) is 0 Å². The van der Waals surface area contributed by atoms with Gasteiger partial charge in [-0.05, 0) is 31.2 Å². The molecule has 15 heavy (non-hydrogen) atoms. The molecule has 0 aliphatic carbocycles. The summed E-state index contributed by atoms with van der Waals surface area (Å²) in [7, 11) is 0. The van der Waals surface area contributed by atoms with Gasteiger partial charge in [0.05, 0.1) is 5.69 Å². The molecule has 0 aromatic carbocycles. The Morgan fingerprint density at radius 1 is 1.33 bits per heavy atom. The Balaban J connectivity index is 2.23. The van der Waals surface area contributed by atoms with E-state index in [9.17, 15) is 0 Å². The van der Waals surface area contributed by atoms with E-state index in [0.717, 1.165) is 5.69 Å². The largest absolute Gasteiger partial charge is 0.394 e. The number of hydrogen-bond acceptors (Lipinski definition) is 4. The van der Waals surface area contributed by atoms with Crippen molar-refractivity contribution in [3.05, 3.63) is 41.5 Å². The van der Waals surface area contributed by atoms with Gasteiger partial charge in [0.2, 0.25) is 0 Å². The lowest BCUT2D eigenvalue weighted by Crippen LogP contribution is -1.86.